The van der Waals surface area contributed by atoms with Crippen LogP contribution in [0.15, 0.2) is 0 Å². The normalized spacial score (nSPS) is 29.2. The summed E-state index contributed by atoms with van der Waals surface area (Å²) in [4.78, 5) is 4.47. The van der Waals surface area contributed by atoms with E-state index >= 15 is 0 Å². The van der Waals surface area contributed by atoms with E-state index in [-0.39, 0.29) is 5.54 Å². The molecule has 0 amide bonds. The van der Waals surface area contributed by atoms with E-state index < -0.39 is 0 Å². The molecule has 0 atom stereocenters. The topological polar surface area (TPSA) is 37.8 Å². The number of halogens is 1. The number of nitrogens with zero attached hydrogens (tertiary/aromatic N) is 2. The van der Waals surface area contributed by atoms with Crippen molar-refractivity contribution in [1.82, 2.24) is 9.36 Å². The second kappa shape index (κ2) is 5.53. The molecular weight excluding hydrogens is 254 g/mol. The van der Waals surface area contributed by atoms with Crippen LogP contribution in [-0.4, -0.2) is 20.8 Å². The highest BCUT2D eigenvalue weighted by atomic mass is 35.5. The van der Waals surface area contributed by atoms with Crippen LogP contribution in [0.3, 0.4) is 0 Å². The fourth-order valence-electron chi connectivity index (χ4n) is 2.28. The molecule has 0 spiro atoms. The van der Waals surface area contributed by atoms with Gasteiger partial charge in [-0.3, -0.25) is 0 Å². The second-order valence-corrected chi connectivity index (χ2v) is 6.11. The lowest BCUT2D eigenvalue weighted by Crippen LogP contribution is -2.43. The summed E-state index contributed by atoms with van der Waals surface area (Å²) >= 11 is 7.62. The number of aryl methyl sites for hydroxylation is 1. The van der Waals surface area contributed by atoms with Crippen LogP contribution < -0.4 is 5.32 Å². The minimum absolute atomic E-state index is 0.0403. The number of aromatic nitrogens is 2. The molecule has 0 aromatic carbocycles. The number of hydrogen-bond acceptors (Lipinski definition) is 4. The van der Waals surface area contributed by atoms with Crippen molar-refractivity contribution < 1.29 is 0 Å². The van der Waals surface area contributed by atoms with Crippen LogP contribution in [0.25, 0.3) is 0 Å². The van der Waals surface area contributed by atoms with Gasteiger partial charge in [-0.15, -0.1) is 11.6 Å². The minimum atomic E-state index is 0.0403. The van der Waals surface area contributed by atoms with E-state index in [9.17, 15) is 0 Å². The number of rotatable bonds is 4. The highest BCUT2D eigenvalue weighted by Gasteiger charge is 2.34. The molecule has 1 heterocycles. The van der Waals surface area contributed by atoms with E-state index in [1.54, 1.807) is 0 Å². The fourth-order valence-corrected chi connectivity index (χ4v) is 3.39. The van der Waals surface area contributed by atoms with Gasteiger partial charge < -0.3 is 5.32 Å². The Morgan fingerprint density at radius 3 is 2.71 bits per heavy atom. The van der Waals surface area contributed by atoms with Gasteiger partial charge >= 0.3 is 0 Å². The van der Waals surface area contributed by atoms with Gasteiger partial charge in [0.2, 0.25) is 5.13 Å². The van der Waals surface area contributed by atoms with Gasteiger partial charge in [0.05, 0.1) is 5.54 Å². The monoisotopic (exact) mass is 273 g/mol. The maximum atomic E-state index is 6.17. The summed E-state index contributed by atoms with van der Waals surface area (Å²) < 4.78 is 4.31. The highest BCUT2D eigenvalue weighted by molar-refractivity contribution is 7.09. The Kier molecular flexibility index (Phi) is 4.26. The molecule has 3 nitrogen and oxygen atoms in total. The van der Waals surface area contributed by atoms with Gasteiger partial charge in [-0.25, -0.2) is 4.98 Å². The molecule has 1 aliphatic rings. The molecule has 1 N–H and O–H groups in total. The van der Waals surface area contributed by atoms with Crippen LogP contribution >= 0.6 is 23.1 Å². The number of hydrogen-bond donors (Lipinski definition) is 1. The average molecular weight is 274 g/mol. The first-order valence-electron chi connectivity index (χ1n) is 6.34. The van der Waals surface area contributed by atoms with Gasteiger partial charge in [-0.1, -0.05) is 13.8 Å². The molecule has 1 aliphatic carbocycles. The van der Waals surface area contributed by atoms with Crippen LogP contribution in [0, 0.1) is 5.92 Å². The van der Waals surface area contributed by atoms with E-state index in [2.05, 4.69) is 28.5 Å². The molecule has 17 heavy (non-hydrogen) atoms. The summed E-state index contributed by atoms with van der Waals surface area (Å²) in [5, 5.41) is 4.46. The van der Waals surface area contributed by atoms with Crippen LogP contribution in [0.5, 0.6) is 0 Å². The fraction of sp³-hybridized carbons (Fsp3) is 0.833. The molecule has 5 heteroatoms. The first-order valence-corrected chi connectivity index (χ1v) is 7.65. The Morgan fingerprint density at radius 1 is 1.47 bits per heavy atom. The molecule has 0 unspecified atom stereocenters. The van der Waals surface area contributed by atoms with E-state index in [0.29, 0.717) is 5.88 Å². The van der Waals surface area contributed by atoms with Crippen molar-refractivity contribution in [1.29, 1.82) is 0 Å². The first-order chi connectivity index (χ1) is 8.17. The number of nitrogens with one attached hydrogen (secondary N) is 1. The zero-order valence-corrected chi connectivity index (χ0v) is 12.1. The molecule has 0 bridgehead atoms. The predicted octanol–water partition coefficient (Wildman–Crippen LogP) is 3.70. The van der Waals surface area contributed by atoms with Crippen molar-refractivity contribution in [2.75, 3.05) is 11.2 Å². The van der Waals surface area contributed by atoms with Gasteiger partial charge in [0.1, 0.15) is 5.82 Å². The zero-order chi connectivity index (χ0) is 12.3. The van der Waals surface area contributed by atoms with Crippen molar-refractivity contribution in [3.8, 4) is 0 Å². The maximum absolute atomic E-state index is 6.17. The van der Waals surface area contributed by atoms with Crippen LogP contribution in [0.4, 0.5) is 5.13 Å². The molecule has 0 radical (unpaired) electrons. The van der Waals surface area contributed by atoms with Crippen LogP contribution in [0.1, 0.15) is 45.4 Å². The van der Waals surface area contributed by atoms with Crippen LogP contribution in [0.2, 0.25) is 0 Å². The lowest BCUT2D eigenvalue weighted by Gasteiger charge is -2.38. The molecule has 1 aromatic heterocycles. The largest absolute Gasteiger partial charge is 0.354 e. The Hall–Kier alpha value is -0.350. The van der Waals surface area contributed by atoms with E-state index in [1.807, 2.05) is 0 Å². The van der Waals surface area contributed by atoms with Crippen molar-refractivity contribution in [3.63, 3.8) is 0 Å². The standard InChI is InChI=1S/C12H20ClN3S/c1-3-10-14-11(17-16-10)15-12(8-13)6-4-9(2)5-7-12/h9H,3-8H2,1-2H3,(H,14,15,16). The summed E-state index contributed by atoms with van der Waals surface area (Å²) in [5.74, 6) is 2.40. The summed E-state index contributed by atoms with van der Waals surface area (Å²) in [5.41, 5.74) is 0.0403. The first kappa shape index (κ1) is 13.1. The third-order valence-electron chi connectivity index (χ3n) is 3.64. The van der Waals surface area contributed by atoms with E-state index in [0.717, 1.165) is 36.1 Å². The van der Waals surface area contributed by atoms with Crippen LogP contribution in [-0.2, 0) is 6.42 Å². The third kappa shape index (κ3) is 3.10. The zero-order valence-electron chi connectivity index (χ0n) is 10.5. The SMILES string of the molecule is CCc1nsc(NC2(CCl)CCC(C)CC2)n1. The van der Waals surface area contributed by atoms with Gasteiger partial charge in [-0.05, 0) is 31.6 Å². The van der Waals surface area contributed by atoms with E-state index in [1.165, 1.54) is 24.4 Å². The number of anilines is 1. The van der Waals surface area contributed by atoms with Gasteiger partial charge in [-0.2, -0.15) is 4.37 Å². The smallest absolute Gasteiger partial charge is 0.203 e. The van der Waals surface area contributed by atoms with Crippen molar-refractivity contribution in [2.45, 2.75) is 51.5 Å². The third-order valence-corrected chi connectivity index (χ3v) is 4.82. The molecule has 0 aliphatic heterocycles. The summed E-state index contributed by atoms with van der Waals surface area (Å²) in [7, 11) is 0. The Labute approximate surface area is 112 Å². The average Bonchev–Trinajstić information content (AvgIpc) is 2.80. The van der Waals surface area contributed by atoms with Gasteiger partial charge in [0, 0.05) is 23.8 Å². The van der Waals surface area contributed by atoms with Crippen molar-refractivity contribution >= 4 is 28.3 Å². The molecule has 1 aromatic rings. The lowest BCUT2D eigenvalue weighted by molar-refractivity contribution is 0.287. The molecule has 96 valence electrons. The molecule has 1 saturated carbocycles. The van der Waals surface area contributed by atoms with Crippen molar-refractivity contribution in [2.24, 2.45) is 5.92 Å². The highest BCUT2D eigenvalue weighted by Crippen LogP contribution is 2.35. The molecular formula is C12H20ClN3S. The Morgan fingerprint density at radius 2 is 2.18 bits per heavy atom. The van der Waals surface area contributed by atoms with Gasteiger partial charge in [0.15, 0.2) is 0 Å². The Balaban J connectivity index is 2.03. The van der Waals surface area contributed by atoms with Crippen molar-refractivity contribution in [3.05, 3.63) is 5.82 Å². The van der Waals surface area contributed by atoms with Gasteiger partial charge in [0.25, 0.3) is 0 Å². The summed E-state index contributed by atoms with van der Waals surface area (Å²) in [6.07, 6.45) is 5.67. The maximum Gasteiger partial charge on any atom is 0.203 e. The summed E-state index contributed by atoms with van der Waals surface area (Å²) in [6, 6.07) is 0. The number of alkyl halides is 1. The summed E-state index contributed by atoms with van der Waals surface area (Å²) in [6.45, 7) is 4.39. The molecule has 2 rings (SSSR count). The molecule has 1 fully saturated rings. The molecule has 0 saturated heterocycles. The minimum Gasteiger partial charge on any atom is -0.354 e. The second-order valence-electron chi connectivity index (χ2n) is 5.09. The predicted molar refractivity (Wildman–Crippen MR) is 74.0 cm³/mol. The van der Waals surface area contributed by atoms with E-state index in [4.69, 9.17) is 11.6 Å². The quantitative estimate of drug-likeness (QED) is 0.850. The Bertz CT molecular complexity index is 358. The lowest BCUT2D eigenvalue weighted by atomic mass is 9.78.